The number of allylic oxidation sites excluding steroid dienone is 1. The Morgan fingerprint density at radius 3 is 2.48 bits per heavy atom. The first-order valence-electron chi connectivity index (χ1n) is 8.60. The number of thiazole rings is 1. The van der Waals surface area contributed by atoms with E-state index < -0.39 is 10.8 Å². The lowest BCUT2D eigenvalue weighted by Crippen LogP contribution is -2.04. The van der Waals surface area contributed by atoms with Crippen molar-refractivity contribution < 1.29 is 9.00 Å². The van der Waals surface area contributed by atoms with Crippen molar-refractivity contribution in [3.63, 3.8) is 0 Å². The molecule has 3 N–H and O–H groups in total. The second-order valence-electron chi connectivity index (χ2n) is 5.89. The Morgan fingerprint density at radius 1 is 1.21 bits per heavy atom. The number of halogens is 2. The monoisotopic (exact) mass is 465 g/mol. The molecule has 0 fully saturated rings. The van der Waals surface area contributed by atoms with Crippen molar-refractivity contribution in [1.29, 1.82) is 0 Å². The molecule has 29 heavy (non-hydrogen) atoms. The molecule has 9 heteroatoms. The number of nitrogen functional groups attached to an aromatic ring is 1. The molecule has 0 aliphatic heterocycles. The van der Waals surface area contributed by atoms with E-state index in [-0.39, 0.29) is 32.1 Å². The second kappa shape index (κ2) is 9.54. The van der Waals surface area contributed by atoms with Crippen molar-refractivity contribution in [3.05, 3.63) is 74.4 Å². The summed E-state index contributed by atoms with van der Waals surface area (Å²) >= 11 is 13.4. The number of nitrogens with two attached hydrogens (primary N) is 1. The summed E-state index contributed by atoms with van der Waals surface area (Å²) in [5.41, 5.74) is 6.88. The number of carbonyl (C=O) groups is 1. The van der Waals surface area contributed by atoms with Gasteiger partial charge in [0.25, 0.3) is 0 Å². The number of carbonyl (C=O) groups excluding carboxylic acids is 1. The number of aromatic nitrogens is 1. The van der Waals surface area contributed by atoms with Gasteiger partial charge in [-0.1, -0.05) is 53.6 Å². The summed E-state index contributed by atoms with van der Waals surface area (Å²) in [5, 5.41) is 5.73. The summed E-state index contributed by atoms with van der Waals surface area (Å²) in [7, 11) is -1.18. The van der Waals surface area contributed by atoms with Crippen LogP contribution in [0.1, 0.15) is 28.6 Å². The number of nitrogens with one attached hydrogen (secondary N) is 1. The second-order valence-corrected chi connectivity index (χ2v) is 9.04. The quantitative estimate of drug-likeness (QED) is 0.415. The lowest BCUT2D eigenvalue weighted by atomic mass is 10.1. The highest BCUT2D eigenvalue weighted by molar-refractivity contribution is 7.88. The van der Waals surface area contributed by atoms with Gasteiger partial charge in [-0.25, -0.2) is 9.19 Å². The van der Waals surface area contributed by atoms with Gasteiger partial charge in [-0.05, 0) is 42.8 Å². The third kappa shape index (κ3) is 5.05. The minimum atomic E-state index is -1.18. The first-order valence-corrected chi connectivity index (χ1v) is 11.4. The molecule has 0 amide bonds. The fraction of sp³-hybridized carbons (Fsp3) is 0.100. The van der Waals surface area contributed by atoms with Crippen LogP contribution in [0.15, 0.2) is 58.8 Å². The summed E-state index contributed by atoms with van der Waals surface area (Å²) in [6.45, 7) is 1.99. The van der Waals surface area contributed by atoms with Gasteiger partial charge in [-0.3, -0.25) is 4.79 Å². The smallest absolute Gasteiger partial charge is 0.209 e. The molecular formula is C20H17Cl2N3O2S2. The van der Waals surface area contributed by atoms with E-state index in [1.807, 2.05) is 13.0 Å². The molecule has 0 aliphatic rings. The van der Waals surface area contributed by atoms with Crippen LogP contribution in [0.3, 0.4) is 0 Å². The molecule has 0 bridgehead atoms. The van der Waals surface area contributed by atoms with E-state index in [4.69, 9.17) is 28.9 Å². The van der Waals surface area contributed by atoms with Crippen LogP contribution in [-0.4, -0.2) is 15.0 Å². The van der Waals surface area contributed by atoms with Crippen molar-refractivity contribution in [2.24, 2.45) is 0 Å². The normalized spacial score (nSPS) is 12.2. The molecule has 150 valence electrons. The predicted molar refractivity (Wildman–Crippen MR) is 122 cm³/mol. The van der Waals surface area contributed by atoms with Gasteiger partial charge < -0.3 is 11.1 Å². The Kier molecular flexibility index (Phi) is 7.08. The van der Waals surface area contributed by atoms with E-state index >= 15 is 0 Å². The van der Waals surface area contributed by atoms with E-state index in [1.54, 1.807) is 47.9 Å². The van der Waals surface area contributed by atoms with Gasteiger partial charge in [0.2, 0.25) is 5.78 Å². The molecule has 0 spiro atoms. The van der Waals surface area contributed by atoms with Gasteiger partial charge in [-0.2, -0.15) is 0 Å². The summed E-state index contributed by atoms with van der Waals surface area (Å²) in [4.78, 5) is 18.0. The van der Waals surface area contributed by atoms with E-state index in [9.17, 15) is 9.00 Å². The lowest BCUT2D eigenvalue weighted by Gasteiger charge is -2.04. The summed E-state index contributed by atoms with van der Waals surface area (Å²) in [6.07, 6.45) is 2.70. The average Bonchev–Trinajstić information content (AvgIpc) is 3.06. The zero-order valence-electron chi connectivity index (χ0n) is 15.3. The van der Waals surface area contributed by atoms with E-state index in [0.29, 0.717) is 10.0 Å². The van der Waals surface area contributed by atoms with Crippen LogP contribution < -0.4 is 11.1 Å². The van der Waals surface area contributed by atoms with Gasteiger partial charge in [0.1, 0.15) is 10.7 Å². The maximum atomic E-state index is 12.8. The maximum absolute atomic E-state index is 12.8. The molecule has 1 atom stereocenters. The number of rotatable bonds is 7. The number of ketones is 1. The van der Waals surface area contributed by atoms with Crippen LogP contribution in [0.25, 0.3) is 0 Å². The zero-order chi connectivity index (χ0) is 21.0. The number of nitrogens with zero attached hydrogens (tertiary/aromatic N) is 1. The maximum Gasteiger partial charge on any atom is 0.209 e. The van der Waals surface area contributed by atoms with Crippen molar-refractivity contribution in [2.45, 2.75) is 18.2 Å². The van der Waals surface area contributed by atoms with Crippen LogP contribution >= 0.6 is 34.5 Å². The first-order chi connectivity index (χ1) is 13.9. The Bertz CT molecular complexity index is 1080. The SMILES string of the molecule is CCC=CS(=O)c1ccc(Nc2nc(N)c(C(=O)c3c(Cl)cccc3Cl)s2)cc1. The Balaban J connectivity index is 1.80. The number of hydrogen-bond donors (Lipinski definition) is 2. The van der Waals surface area contributed by atoms with Crippen LogP contribution in [0.2, 0.25) is 10.0 Å². The van der Waals surface area contributed by atoms with Crippen LogP contribution in [0, 0.1) is 0 Å². The number of anilines is 3. The highest BCUT2D eigenvalue weighted by Crippen LogP contribution is 2.34. The van der Waals surface area contributed by atoms with Crippen molar-refractivity contribution in [3.8, 4) is 0 Å². The molecule has 0 saturated heterocycles. The first kappa shape index (κ1) is 21.5. The van der Waals surface area contributed by atoms with Gasteiger partial charge in [-0.15, -0.1) is 0 Å². The lowest BCUT2D eigenvalue weighted by molar-refractivity contribution is 0.104. The Labute approximate surface area is 185 Å². The summed E-state index contributed by atoms with van der Waals surface area (Å²) in [5.74, 6) is -0.280. The van der Waals surface area contributed by atoms with Gasteiger partial charge in [0, 0.05) is 16.0 Å². The molecular weight excluding hydrogens is 449 g/mol. The molecule has 3 aromatic rings. The molecule has 1 unspecified atom stereocenters. The summed E-state index contributed by atoms with van der Waals surface area (Å²) < 4.78 is 12.1. The standard InChI is InChI=1S/C20H17Cl2N3O2S2/c1-2-3-11-29(27)13-9-7-12(8-10-13)24-20-25-19(23)18(28-20)17(26)16-14(21)5-4-6-15(16)22/h3-11H,2,23H2,1H3,(H,24,25). The van der Waals surface area contributed by atoms with Crippen LogP contribution in [-0.2, 0) is 10.8 Å². The zero-order valence-corrected chi connectivity index (χ0v) is 18.5. The third-order valence-corrected chi connectivity index (χ3v) is 6.63. The molecule has 0 saturated carbocycles. The molecule has 0 aliphatic carbocycles. The molecule has 5 nitrogen and oxygen atoms in total. The minimum absolute atomic E-state index is 0.0981. The van der Waals surface area contributed by atoms with Crippen molar-refractivity contribution >= 4 is 67.8 Å². The fourth-order valence-corrected chi connectivity index (χ4v) is 4.78. The fourth-order valence-electron chi connectivity index (χ4n) is 2.43. The van der Waals surface area contributed by atoms with E-state index in [0.717, 1.165) is 23.4 Å². The third-order valence-electron chi connectivity index (χ3n) is 3.84. The van der Waals surface area contributed by atoms with Crippen LogP contribution in [0.5, 0.6) is 0 Å². The highest BCUT2D eigenvalue weighted by atomic mass is 35.5. The van der Waals surface area contributed by atoms with Crippen molar-refractivity contribution in [2.75, 3.05) is 11.1 Å². The topological polar surface area (TPSA) is 85.1 Å². The van der Waals surface area contributed by atoms with Crippen LogP contribution in [0.4, 0.5) is 16.6 Å². The van der Waals surface area contributed by atoms with Gasteiger partial charge in [0.15, 0.2) is 5.13 Å². The average molecular weight is 466 g/mol. The molecule has 0 radical (unpaired) electrons. The largest absolute Gasteiger partial charge is 0.382 e. The Morgan fingerprint density at radius 2 is 1.86 bits per heavy atom. The van der Waals surface area contributed by atoms with E-state index in [2.05, 4.69) is 10.3 Å². The highest BCUT2D eigenvalue weighted by Gasteiger charge is 2.22. The molecule has 1 aromatic heterocycles. The minimum Gasteiger partial charge on any atom is -0.382 e. The molecule has 1 heterocycles. The molecule has 2 aromatic carbocycles. The molecule has 3 rings (SSSR count). The number of hydrogen-bond acceptors (Lipinski definition) is 6. The summed E-state index contributed by atoms with van der Waals surface area (Å²) in [6, 6.07) is 12.0. The Hall–Kier alpha value is -2.19. The predicted octanol–water partition coefficient (Wildman–Crippen LogP) is 6.04. The van der Waals surface area contributed by atoms with E-state index in [1.165, 1.54) is 0 Å². The number of benzene rings is 2. The van der Waals surface area contributed by atoms with Crippen molar-refractivity contribution in [1.82, 2.24) is 4.98 Å². The van der Waals surface area contributed by atoms with Gasteiger partial charge >= 0.3 is 0 Å². The van der Waals surface area contributed by atoms with Gasteiger partial charge in [0.05, 0.1) is 26.4 Å².